The SMILES string of the molecule is C=CCNC(=O)C(=O)C(CCC)NC(=O)[C@@H]1[C@@H]2C(CN1C(=O)[C@@H](NC(=O)N[C@H](CN1CCN(C(C)=O)[S+]1[O-])C(C)(C)C)C(C)(C)C)C2(C)C. The number of urea groups is 1. The third kappa shape index (κ3) is 9.14. The van der Waals surface area contributed by atoms with Crippen molar-refractivity contribution >= 4 is 47.0 Å². The first-order valence-electron chi connectivity index (χ1n) is 17.1. The van der Waals surface area contributed by atoms with Gasteiger partial charge >= 0.3 is 6.03 Å². The van der Waals surface area contributed by atoms with E-state index in [-0.39, 0.29) is 42.7 Å². The van der Waals surface area contributed by atoms with Gasteiger partial charge in [0.15, 0.2) is 11.5 Å². The van der Waals surface area contributed by atoms with Crippen molar-refractivity contribution in [2.45, 2.75) is 106 Å². The van der Waals surface area contributed by atoms with Crippen molar-refractivity contribution in [1.29, 1.82) is 0 Å². The van der Waals surface area contributed by atoms with Crippen molar-refractivity contribution in [3.8, 4) is 0 Å². The van der Waals surface area contributed by atoms with Crippen molar-refractivity contribution in [3.63, 3.8) is 0 Å². The number of likely N-dealkylation sites (tertiary alicyclic amines) is 1. The molecule has 15 heteroatoms. The van der Waals surface area contributed by atoms with E-state index in [2.05, 4.69) is 27.8 Å². The molecule has 276 valence electrons. The minimum atomic E-state index is -1.66. The molecule has 2 saturated heterocycles. The zero-order valence-electron chi connectivity index (χ0n) is 30.8. The highest BCUT2D eigenvalue weighted by Gasteiger charge is 2.70. The third-order valence-corrected chi connectivity index (χ3v) is 11.6. The van der Waals surface area contributed by atoms with E-state index in [9.17, 15) is 33.3 Å². The average Bonchev–Trinajstić information content (AvgIpc) is 3.30. The number of ketones is 1. The minimum absolute atomic E-state index is 0.0547. The van der Waals surface area contributed by atoms with Gasteiger partial charge in [-0.3, -0.25) is 24.0 Å². The average molecular weight is 708 g/mol. The van der Waals surface area contributed by atoms with Gasteiger partial charge in [-0.2, -0.15) is 0 Å². The number of carbonyl (C=O) groups is 6. The Morgan fingerprint density at radius 2 is 1.63 bits per heavy atom. The minimum Gasteiger partial charge on any atom is -0.573 e. The molecule has 2 aliphatic heterocycles. The summed E-state index contributed by atoms with van der Waals surface area (Å²) < 4.78 is 15.8. The van der Waals surface area contributed by atoms with Gasteiger partial charge in [0.2, 0.25) is 17.6 Å². The van der Waals surface area contributed by atoms with E-state index in [4.69, 9.17) is 0 Å². The fraction of sp³-hybridized carbons (Fsp3) is 0.765. The van der Waals surface area contributed by atoms with Crippen LogP contribution in [0.3, 0.4) is 0 Å². The summed E-state index contributed by atoms with van der Waals surface area (Å²) in [5.74, 6) is -2.88. The van der Waals surface area contributed by atoms with Gasteiger partial charge < -0.3 is 30.7 Å². The van der Waals surface area contributed by atoms with Crippen LogP contribution in [0.5, 0.6) is 0 Å². The molecule has 1 saturated carbocycles. The van der Waals surface area contributed by atoms with Crippen LogP contribution in [-0.4, -0.2) is 110 Å². The first kappa shape index (κ1) is 40.3. The molecule has 0 aromatic heterocycles. The predicted molar refractivity (Wildman–Crippen MR) is 187 cm³/mol. The van der Waals surface area contributed by atoms with Crippen molar-refractivity contribution < 1.29 is 33.3 Å². The molecule has 2 heterocycles. The Balaban J connectivity index is 1.80. The van der Waals surface area contributed by atoms with Crippen molar-refractivity contribution in [3.05, 3.63) is 12.7 Å². The Morgan fingerprint density at radius 1 is 1.00 bits per heavy atom. The zero-order valence-corrected chi connectivity index (χ0v) is 31.6. The topological polar surface area (TPSA) is 183 Å². The maximum atomic E-state index is 14.4. The number of carbonyl (C=O) groups excluding carboxylic acids is 6. The Kier molecular flexibility index (Phi) is 12.6. The lowest BCUT2D eigenvalue weighted by atomic mass is 9.85. The number of nitrogens with one attached hydrogen (secondary N) is 4. The molecule has 0 aromatic rings. The number of rotatable bonds is 13. The van der Waals surface area contributed by atoms with Gasteiger partial charge in [0, 0.05) is 20.0 Å². The fourth-order valence-electron chi connectivity index (χ4n) is 6.84. The maximum Gasteiger partial charge on any atom is 0.315 e. The molecule has 3 rings (SSSR count). The van der Waals surface area contributed by atoms with E-state index in [1.807, 2.05) is 62.3 Å². The summed E-state index contributed by atoms with van der Waals surface area (Å²) in [7, 11) is 0. The van der Waals surface area contributed by atoms with Crippen LogP contribution in [0.4, 0.5) is 4.79 Å². The lowest BCUT2D eigenvalue weighted by molar-refractivity contribution is -0.145. The van der Waals surface area contributed by atoms with Gasteiger partial charge in [-0.25, -0.2) is 4.79 Å². The highest BCUT2D eigenvalue weighted by atomic mass is 32.2. The Hall–Kier alpha value is -3.17. The van der Waals surface area contributed by atoms with Gasteiger partial charge in [0.25, 0.3) is 11.8 Å². The maximum absolute atomic E-state index is 14.4. The standard InChI is InChI=1S/C34H57N7O7S/c1-12-14-22(26(43)29(45)35-15-13-2)36-28(44)25-24-21(34(24,10)11)18-40(25)30(46)27(33(7,8)9)38-31(47)37-23(32(4,5)6)19-39-16-17-41(20(3)42)49(39)48/h13,21-25,27H,2,12,14-19H2,1,3-11H3,(H,35,45)(H,36,44)(H2,37,38,47)/t21?,22?,23-,24+,25+,27-,49?/m1/s1. The summed E-state index contributed by atoms with van der Waals surface area (Å²) in [5.41, 5.74) is -1.43. The molecule has 4 N–H and O–H groups in total. The van der Waals surface area contributed by atoms with E-state index in [1.54, 1.807) is 4.31 Å². The van der Waals surface area contributed by atoms with Crippen molar-refractivity contribution in [1.82, 2.24) is 34.8 Å². The Morgan fingerprint density at radius 3 is 2.14 bits per heavy atom. The number of piperidine rings is 1. The Bertz CT molecular complexity index is 1310. The highest BCUT2D eigenvalue weighted by molar-refractivity contribution is 7.87. The quantitative estimate of drug-likeness (QED) is 0.126. The fourth-order valence-corrected chi connectivity index (χ4v) is 8.09. The van der Waals surface area contributed by atoms with Crippen LogP contribution in [0.2, 0.25) is 0 Å². The molecular weight excluding hydrogens is 650 g/mol. The third-order valence-electron chi connectivity index (χ3n) is 10.0. The second-order valence-electron chi connectivity index (χ2n) is 16.2. The number of hydrogen-bond donors (Lipinski definition) is 4. The van der Waals surface area contributed by atoms with Crippen LogP contribution in [0, 0.1) is 28.1 Å². The Labute approximate surface area is 294 Å². The summed E-state index contributed by atoms with van der Waals surface area (Å²) in [6.07, 6.45) is 2.25. The second kappa shape index (κ2) is 15.4. The van der Waals surface area contributed by atoms with E-state index in [1.165, 1.54) is 22.2 Å². The molecule has 6 amide bonds. The van der Waals surface area contributed by atoms with Crippen LogP contribution < -0.4 is 21.3 Å². The second-order valence-corrected chi connectivity index (χ2v) is 17.6. The van der Waals surface area contributed by atoms with Gasteiger partial charge in [-0.05, 0) is 34.5 Å². The van der Waals surface area contributed by atoms with E-state index in [0.717, 1.165) is 0 Å². The molecule has 3 unspecified atom stereocenters. The molecule has 49 heavy (non-hydrogen) atoms. The van der Waals surface area contributed by atoms with Gasteiger partial charge in [0.1, 0.15) is 12.1 Å². The van der Waals surface area contributed by atoms with Gasteiger partial charge in [-0.1, -0.05) is 79.1 Å². The molecule has 7 atom stereocenters. The molecule has 14 nitrogen and oxygen atoms in total. The zero-order chi connectivity index (χ0) is 37.2. The molecule has 0 radical (unpaired) electrons. The van der Waals surface area contributed by atoms with E-state index >= 15 is 0 Å². The van der Waals surface area contributed by atoms with Crippen LogP contribution in [0.1, 0.15) is 82.1 Å². The molecule has 0 bridgehead atoms. The van der Waals surface area contributed by atoms with Crippen LogP contribution in [0.15, 0.2) is 12.7 Å². The molecule has 0 aromatic carbocycles. The number of hydrogen-bond acceptors (Lipinski definition) is 8. The predicted octanol–water partition coefficient (Wildman–Crippen LogP) is 1.50. The molecular formula is C34H57N7O7S. The number of Topliss-reactive ketones (excluding diaryl/α,β-unsaturated/α-hetero) is 1. The van der Waals surface area contributed by atoms with Gasteiger partial charge in [-0.15, -0.1) is 10.9 Å². The monoisotopic (exact) mass is 707 g/mol. The normalized spacial score (nSPS) is 25.0. The molecule has 3 aliphatic rings. The number of amides is 6. The van der Waals surface area contributed by atoms with Crippen molar-refractivity contribution in [2.24, 2.45) is 28.1 Å². The summed E-state index contributed by atoms with van der Waals surface area (Å²) >= 11 is -1.66. The molecule has 0 spiro atoms. The number of fused-ring (bicyclic) bond motifs is 1. The first-order chi connectivity index (χ1) is 22.6. The van der Waals surface area contributed by atoms with Crippen LogP contribution in [0.25, 0.3) is 0 Å². The van der Waals surface area contributed by atoms with E-state index < -0.39 is 76.1 Å². The summed E-state index contributed by atoms with van der Waals surface area (Å²) in [6, 6.07) is -4.04. The van der Waals surface area contributed by atoms with Gasteiger partial charge in [0.05, 0.1) is 31.7 Å². The first-order valence-corrected chi connectivity index (χ1v) is 18.2. The largest absolute Gasteiger partial charge is 0.573 e. The lowest BCUT2D eigenvalue weighted by Crippen LogP contribution is -2.62. The summed E-state index contributed by atoms with van der Waals surface area (Å²) in [4.78, 5) is 80.8. The van der Waals surface area contributed by atoms with Crippen LogP contribution in [-0.2, 0) is 35.5 Å². The molecule has 1 aliphatic carbocycles. The lowest BCUT2D eigenvalue weighted by Gasteiger charge is -2.39. The van der Waals surface area contributed by atoms with Crippen molar-refractivity contribution in [2.75, 3.05) is 32.7 Å². The molecule has 3 fully saturated rings. The summed E-state index contributed by atoms with van der Waals surface area (Å²) in [5, 5.41) is 11.1. The number of nitrogens with zero attached hydrogens (tertiary/aromatic N) is 3. The highest BCUT2D eigenvalue weighted by Crippen LogP contribution is 2.65. The van der Waals surface area contributed by atoms with Crippen LogP contribution >= 0.6 is 0 Å². The summed E-state index contributed by atoms with van der Waals surface area (Å²) in [6.45, 7) is 23.5. The van der Waals surface area contributed by atoms with E-state index in [0.29, 0.717) is 26.1 Å². The smallest absolute Gasteiger partial charge is 0.315 e.